The van der Waals surface area contributed by atoms with Crippen molar-refractivity contribution in [2.75, 3.05) is 11.1 Å². The van der Waals surface area contributed by atoms with Crippen LogP contribution in [0.3, 0.4) is 0 Å². The number of nitrogen functional groups attached to an aromatic ring is 1. The van der Waals surface area contributed by atoms with E-state index in [-0.39, 0.29) is 5.91 Å². The first kappa shape index (κ1) is 16.4. The molecular formula is C21H15N5O. The largest absolute Gasteiger partial charge is 0.383 e. The molecule has 0 spiro atoms. The van der Waals surface area contributed by atoms with Gasteiger partial charge in [-0.3, -0.25) is 4.79 Å². The molecule has 0 aliphatic heterocycles. The molecule has 0 radical (unpaired) electrons. The van der Waals surface area contributed by atoms with Crippen LogP contribution in [0.4, 0.5) is 11.5 Å². The van der Waals surface area contributed by atoms with Crippen molar-refractivity contribution < 1.29 is 4.79 Å². The van der Waals surface area contributed by atoms with Crippen LogP contribution in [0.2, 0.25) is 0 Å². The van der Waals surface area contributed by atoms with Gasteiger partial charge in [-0.25, -0.2) is 9.97 Å². The molecule has 0 saturated heterocycles. The van der Waals surface area contributed by atoms with Crippen molar-refractivity contribution >= 4 is 28.4 Å². The SMILES string of the molecule is Nc1ncnc2[nH]cc(C#Cc3cccc(C(=O)Nc4ccccc4)c3)c12. The fraction of sp³-hybridized carbons (Fsp3) is 0. The van der Waals surface area contributed by atoms with E-state index >= 15 is 0 Å². The van der Waals surface area contributed by atoms with Crippen molar-refractivity contribution in [1.82, 2.24) is 15.0 Å². The van der Waals surface area contributed by atoms with E-state index < -0.39 is 0 Å². The summed E-state index contributed by atoms with van der Waals surface area (Å²) in [6.45, 7) is 0. The molecule has 0 atom stereocenters. The topological polar surface area (TPSA) is 96.7 Å². The lowest BCUT2D eigenvalue weighted by molar-refractivity contribution is 0.102. The third-order valence-electron chi connectivity index (χ3n) is 4.00. The van der Waals surface area contributed by atoms with Crippen LogP contribution in [0.15, 0.2) is 67.1 Å². The van der Waals surface area contributed by atoms with E-state index in [0.717, 1.165) is 11.3 Å². The Balaban J connectivity index is 1.60. The monoisotopic (exact) mass is 353 g/mol. The second kappa shape index (κ2) is 7.02. The first-order valence-corrected chi connectivity index (χ1v) is 8.27. The maximum absolute atomic E-state index is 12.4. The van der Waals surface area contributed by atoms with Crippen molar-refractivity contribution in [3.05, 3.63) is 83.8 Å². The number of nitrogens with zero attached hydrogens (tertiary/aromatic N) is 2. The molecule has 0 aliphatic carbocycles. The van der Waals surface area contributed by atoms with Crippen molar-refractivity contribution in [2.45, 2.75) is 0 Å². The highest BCUT2D eigenvalue weighted by Crippen LogP contribution is 2.20. The first-order valence-electron chi connectivity index (χ1n) is 8.27. The summed E-state index contributed by atoms with van der Waals surface area (Å²) in [7, 11) is 0. The lowest BCUT2D eigenvalue weighted by atomic mass is 10.1. The molecule has 2 aromatic heterocycles. The van der Waals surface area contributed by atoms with Gasteiger partial charge < -0.3 is 16.0 Å². The van der Waals surface area contributed by atoms with E-state index in [1.165, 1.54) is 6.33 Å². The van der Waals surface area contributed by atoms with Crippen LogP contribution in [0.1, 0.15) is 21.5 Å². The molecular weight excluding hydrogens is 338 g/mol. The zero-order chi connectivity index (χ0) is 18.6. The Bertz CT molecular complexity index is 1190. The fourth-order valence-corrected chi connectivity index (χ4v) is 2.69. The Morgan fingerprint density at radius 3 is 2.74 bits per heavy atom. The summed E-state index contributed by atoms with van der Waals surface area (Å²) in [5.74, 6) is 6.32. The smallest absolute Gasteiger partial charge is 0.255 e. The van der Waals surface area contributed by atoms with E-state index in [1.54, 1.807) is 24.4 Å². The zero-order valence-electron chi connectivity index (χ0n) is 14.2. The number of nitrogens with two attached hydrogens (primary N) is 1. The van der Waals surface area contributed by atoms with Gasteiger partial charge in [0.2, 0.25) is 0 Å². The van der Waals surface area contributed by atoms with E-state index in [4.69, 9.17) is 5.73 Å². The van der Waals surface area contributed by atoms with Crippen LogP contribution in [0.25, 0.3) is 11.0 Å². The highest BCUT2D eigenvalue weighted by molar-refractivity contribution is 6.04. The lowest BCUT2D eigenvalue weighted by Crippen LogP contribution is -2.11. The number of fused-ring (bicyclic) bond motifs is 1. The highest BCUT2D eigenvalue weighted by Gasteiger charge is 2.08. The minimum atomic E-state index is -0.186. The summed E-state index contributed by atoms with van der Waals surface area (Å²) in [5, 5.41) is 3.56. The number of nitrogens with one attached hydrogen (secondary N) is 2. The predicted octanol–water partition coefficient (Wildman–Crippen LogP) is 3.19. The Morgan fingerprint density at radius 2 is 1.89 bits per heavy atom. The number of rotatable bonds is 2. The Labute approximate surface area is 155 Å². The Morgan fingerprint density at radius 1 is 1.04 bits per heavy atom. The maximum Gasteiger partial charge on any atom is 0.255 e. The second-order valence-corrected chi connectivity index (χ2v) is 5.84. The molecule has 0 fully saturated rings. The molecule has 27 heavy (non-hydrogen) atoms. The third kappa shape index (κ3) is 3.48. The quantitative estimate of drug-likeness (QED) is 0.482. The molecule has 4 N–H and O–H groups in total. The number of carbonyl (C=O) groups excluding carboxylic acids is 1. The molecule has 4 aromatic rings. The van der Waals surface area contributed by atoms with E-state index in [9.17, 15) is 4.79 Å². The summed E-state index contributed by atoms with van der Waals surface area (Å²) in [6.07, 6.45) is 3.15. The summed E-state index contributed by atoms with van der Waals surface area (Å²) in [4.78, 5) is 23.6. The van der Waals surface area contributed by atoms with Crippen molar-refractivity contribution in [3.8, 4) is 11.8 Å². The van der Waals surface area contributed by atoms with Gasteiger partial charge in [0.05, 0.1) is 10.9 Å². The molecule has 130 valence electrons. The summed E-state index contributed by atoms with van der Waals surface area (Å²) in [5.41, 5.74) is 9.27. The van der Waals surface area contributed by atoms with Crippen LogP contribution >= 0.6 is 0 Å². The minimum absolute atomic E-state index is 0.186. The van der Waals surface area contributed by atoms with E-state index in [2.05, 4.69) is 32.1 Å². The van der Waals surface area contributed by atoms with Crippen LogP contribution in [0, 0.1) is 11.8 Å². The molecule has 0 unspecified atom stereocenters. The van der Waals surface area contributed by atoms with E-state index in [0.29, 0.717) is 28.0 Å². The van der Waals surface area contributed by atoms with E-state index in [1.807, 2.05) is 36.4 Å². The molecule has 0 bridgehead atoms. The summed E-state index contributed by atoms with van der Waals surface area (Å²) in [6, 6.07) is 16.5. The van der Waals surface area contributed by atoms with Crippen LogP contribution in [-0.2, 0) is 0 Å². The summed E-state index contributed by atoms with van der Waals surface area (Å²) < 4.78 is 0. The molecule has 0 aliphatic rings. The molecule has 2 heterocycles. The average Bonchev–Trinajstić information content (AvgIpc) is 3.12. The van der Waals surface area contributed by atoms with Crippen LogP contribution in [0.5, 0.6) is 0 Å². The fourth-order valence-electron chi connectivity index (χ4n) is 2.69. The number of aromatic amines is 1. The highest BCUT2D eigenvalue weighted by atomic mass is 16.1. The zero-order valence-corrected chi connectivity index (χ0v) is 14.2. The van der Waals surface area contributed by atoms with Crippen molar-refractivity contribution in [2.24, 2.45) is 0 Å². The van der Waals surface area contributed by atoms with Gasteiger partial charge in [0.15, 0.2) is 0 Å². The van der Waals surface area contributed by atoms with Gasteiger partial charge in [-0.1, -0.05) is 36.1 Å². The molecule has 0 saturated carbocycles. The normalized spacial score (nSPS) is 10.2. The van der Waals surface area contributed by atoms with Gasteiger partial charge in [0.25, 0.3) is 5.91 Å². The lowest BCUT2D eigenvalue weighted by Gasteiger charge is -2.05. The van der Waals surface area contributed by atoms with Gasteiger partial charge in [-0.2, -0.15) is 0 Å². The second-order valence-electron chi connectivity index (χ2n) is 5.84. The Kier molecular flexibility index (Phi) is 4.25. The Hall–Kier alpha value is -4.11. The summed E-state index contributed by atoms with van der Waals surface area (Å²) >= 11 is 0. The van der Waals surface area contributed by atoms with Gasteiger partial charge in [0.1, 0.15) is 17.8 Å². The third-order valence-corrected chi connectivity index (χ3v) is 4.00. The van der Waals surface area contributed by atoms with Gasteiger partial charge in [0, 0.05) is 23.0 Å². The number of hydrogen-bond acceptors (Lipinski definition) is 4. The number of hydrogen-bond donors (Lipinski definition) is 3. The molecule has 4 rings (SSSR count). The average molecular weight is 353 g/mol. The van der Waals surface area contributed by atoms with Gasteiger partial charge in [-0.15, -0.1) is 0 Å². The maximum atomic E-state index is 12.4. The number of aromatic nitrogens is 3. The standard InChI is InChI=1S/C21H15N5O/c22-19-18-16(12-23-20(18)25-13-24-19)10-9-14-5-4-6-15(11-14)21(27)26-17-7-2-1-3-8-17/h1-8,11-13H,(H,26,27)(H3,22,23,24,25). The van der Waals surface area contributed by atoms with Crippen LogP contribution < -0.4 is 11.1 Å². The number of para-hydroxylation sites is 1. The predicted molar refractivity (Wildman–Crippen MR) is 105 cm³/mol. The molecule has 6 heteroatoms. The number of benzene rings is 2. The van der Waals surface area contributed by atoms with Crippen molar-refractivity contribution in [1.29, 1.82) is 0 Å². The molecule has 1 amide bonds. The molecule has 2 aromatic carbocycles. The van der Waals surface area contributed by atoms with Gasteiger partial charge in [-0.05, 0) is 30.3 Å². The van der Waals surface area contributed by atoms with Gasteiger partial charge >= 0.3 is 0 Å². The van der Waals surface area contributed by atoms with Crippen molar-refractivity contribution in [3.63, 3.8) is 0 Å². The number of carbonyl (C=O) groups is 1. The minimum Gasteiger partial charge on any atom is -0.383 e. The number of H-pyrrole nitrogens is 1. The first-order chi connectivity index (χ1) is 13.2. The van der Waals surface area contributed by atoms with Crippen LogP contribution in [-0.4, -0.2) is 20.9 Å². The number of anilines is 2. The number of amides is 1. The molecule has 6 nitrogen and oxygen atoms in total.